The minimum absolute atomic E-state index is 0.0145. The van der Waals surface area contributed by atoms with Gasteiger partial charge >= 0.3 is 19.5 Å². The SMILES string of the molecule is CC(OP(=O)(N1CC1)N1CC1)c1ccc([N+](=O)[O-])c(Oc2ccc(C(F)(F)F)cc2)c1. The smallest absolute Gasteiger partial charge is 0.416 e. The fourth-order valence-corrected chi connectivity index (χ4v) is 5.38. The third-order valence-corrected chi connectivity index (χ3v) is 7.74. The van der Waals surface area contributed by atoms with Crippen LogP contribution in [0, 0.1) is 10.1 Å². The first-order valence-electron chi connectivity index (χ1n) is 9.51. The van der Waals surface area contributed by atoms with Crippen LogP contribution in [0.15, 0.2) is 42.5 Å². The third-order valence-electron chi connectivity index (χ3n) is 4.92. The molecule has 1 atom stereocenters. The second-order valence-electron chi connectivity index (χ2n) is 7.25. The van der Waals surface area contributed by atoms with Crippen molar-refractivity contribution in [3.8, 4) is 11.5 Å². The highest BCUT2D eigenvalue weighted by molar-refractivity contribution is 7.54. The van der Waals surface area contributed by atoms with Crippen molar-refractivity contribution in [3.63, 3.8) is 0 Å². The summed E-state index contributed by atoms with van der Waals surface area (Å²) in [6.45, 7) is 4.42. The average Bonchev–Trinajstić information content (AvgIpc) is 3.59. The minimum atomic E-state index is -4.50. The number of halogens is 3. The topological polar surface area (TPSA) is 84.7 Å². The Balaban J connectivity index is 1.57. The number of nitrogens with zero attached hydrogens (tertiary/aromatic N) is 3. The molecule has 2 aliphatic rings. The molecule has 0 spiro atoms. The number of nitro groups is 1. The van der Waals surface area contributed by atoms with E-state index >= 15 is 0 Å². The van der Waals surface area contributed by atoms with Gasteiger partial charge in [0.25, 0.3) is 0 Å². The van der Waals surface area contributed by atoms with E-state index in [0.29, 0.717) is 31.7 Å². The molecule has 0 bridgehead atoms. The Morgan fingerprint density at radius 2 is 1.65 bits per heavy atom. The van der Waals surface area contributed by atoms with Gasteiger partial charge in [0, 0.05) is 32.2 Å². The normalized spacial score (nSPS) is 17.9. The van der Waals surface area contributed by atoms with E-state index in [2.05, 4.69) is 0 Å². The lowest BCUT2D eigenvalue weighted by molar-refractivity contribution is -0.385. The quantitative estimate of drug-likeness (QED) is 0.232. The summed E-state index contributed by atoms with van der Waals surface area (Å²) in [7, 11) is -3.11. The van der Waals surface area contributed by atoms with Gasteiger partial charge in [0.2, 0.25) is 5.75 Å². The first kappa shape index (κ1) is 21.8. The van der Waals surface area contributed by atoms with E-state index in [1.807, 2.05) is 0 Å². The molecule has 0 aliphatic carbocycles. The van der Waals surface area contributed by atoms with E-state index in [9.17, 15) is 27.9 Å². The molecule has 0 N–H and O–H groups in total. The molecule has 2 aliphatic heterocycles. The van der Waals surface area contributed by atoms with Crippen molar-refractivity contribution < 1.29 is 31.9 Å². The van der Waals surface area contributed by atoms with Crippen LogP contribution in [-0.2, 0) is 15.3 Å². The number of alkyl halides is 3. The van der Waals surface area contributed by atoms with Crippen LogP contribution in [0.25, 0.3) is 0 Å². The zero-order chi connectivity index (χ0) is 22.4. The molecular weight excluding hydrogens is 438 g/mol. The van der Waals surface area contributed by atoms with Crippen LogP contribution in [0.3, 0.4) is 0 Å². The van der Waals surface area contributed by atoms with Crippen LogP contribution < -0.4 is 4.74 Å². The number of ether oxygens (including phenoxy) is 1. The van der Waals surface area contributed by atoms with Gasteiger partial charge < -0.3 is 4.74 Å². The third kappa shape index (κ3) is 4.74. The van der Waals surface area contributed by atoms with E-state index in [1.54, 1.807) is 16.3 Å². The molecule has 0 radical (unpaired) electrons. The molecule has 31 heavy (non-hydrogen) atoms. The van der Waals surface area contributed by atoms with Crippen LogP contribution in [-0.4, -0.2) is 40.4 Å². The lowest BCUT2D eigenvalue weighted by Crippen LogP contribution is -2.10. The van der Waals surface area contributed by atoms with Gasteiger partial charge in [-0.2, -0.15) is 13.2 Å². The number of hydrogen-bond acceptors (Lipinski definition) is 5. The minimum Gasteiger partial charge on any atom is -0.450 e. The molecule has 0 amide bonds. The predicted molar refractivity (Wildman–Crippen MR) is 105 cm³/mol. The molecule has 0 aromatic heterocycles. The summed E-state index contributed by atoms with van der Waals surface area (Å²) >= 11 is 0. The highest BCUT2D eigenvalue weighted by Crippen LogP contribution is 2.63. The highest BCUT2D eigenvalue weighted by atomic mass is 31.2. The van der Waals surface area contributed by atoms with E-state index in [-0.39, 0.29) is 17.2 Å². The Kier molecular flexibility index (Phi) is 5.55. The summed E-state index contributed by atoms with van der Waals surface area (Å²) in [6, 6.07) is 7.95. The van der Waals surface area contributed by atoms with Crippen molar-refractivity contribution in [3.05, 3.63) is 63.7 Å². The summed E-state index contributed by atoms with van der Waals surface area (Å²) in [6.07, 6.45) is -5.15. The molecule has 1 unspecified atom stereocenters. The fourth-order valence-electron chi connectivity index (χ4n) is 3.03. The van der Waals surface area contributed by atoms with Crippen LogP contribution >= 0.6 is 7.67 Å². The summed E-state index contributed by atoms with van der Waals surface area (Å²) in [5.74, 6) is -0.133. The van der Waals surface area contributed by atoms with Gasteiger partial charge in [-0.15, -0.1) is 0 Å². The van der Waals surface area contributed by atoms with Gasteiger partial charge in [-0.3, -0.25) is 19.2 Å². The molecule has 166 valence electrons. The maximum Gasteiger partial charge on any atom is 0.416 e. The summed E-state index contributed by atoms with van der Waals surface area (Å²) in [5, 5.41) is 11.4. The number of hydrogen-bond donors (Lipinski definition) is 0. The molecule has 8 nitrogen and oxygen atoms in total. The van der Waals surface area contributed by atoms with E-state index < -0.39 is 30.4 Å². The van der Waals surface area contributed by atoms with Gasteiger partial charge in [-0.25, -0.2) is 9.34 Å². The highest BCUT2D eigenvalue weighted by Gasteiger charge is 2.50. The van der Waals surface area contributed by atoms with E-state index in [0.717, 1.165) is 24.3 Å². The summed E-state index contributed by atoms with van der Waals surface area (Å²) in [4.78, 5) is 10.7. The number of rotatable bonds is 8. The lowest BCUT2D eigenvalue weighted by atomic mass is 10.1. The maximum atomic E-state index is 13.2. The van der Waals surface area contributed by atoms with Crippen molar-refractivity contribution >= 4 is 13.4 Å². The molecule has 12 heteroatoms. The lowest BCUT2D eigenvalue weighted by Gasteiger charge is -2.24. The fraction of sp³-hybridized carbons (Fsp3) is 0.368. The Morgan fingerprint density at radius 1 is 1.06 bits per heavy atom. The van der Waals surface area contributed by atoms with Crippen molar-refractivity contribution in [2.75, 3.05) is 26.2 Å². The van der Waals surface area contributed by atoms with Crippen LogP contribution in [0.4, 0.5) is 18.9 Å². The Labute approximate surface area is 175 Å². The van der Waals surface area contributed by atoms with E-state index in [1.165, 1.54) is 18.2 Å². The summed E-state index contributed by atoms with van der Waals surface area (Å²) < 4.78 is 66.3. The van der Waals surface area contributed by atoms with Gasteiger partial charge in [-0.05, 0) is 48.9 Å². The van der Waals surface area contributed by atoms with Gasteiger partial charge in [0.1, 0.15) is 5.75 Å². The standard InChI is InChI=1S/C19H19F3N3O5P/c1-13(30-31(28,23-8-9-23)24-10-11-24)14-2-7-17(25(26)27)18(12-14)29-16-5-3-15(4-6-16)19(20,21)22/h2-7,12-13H,8-11H2,1H3. The van der Waals surface area contributed by atoms with Gasteiger partial charge in [0.15, 0.2) is 0 Å². The predicted octanol–water partition coefficient (Wildman–Crippen LogP) is 5.22. The zero-order valence-electron chi connectivity index (χ0n) is 16.4. The second kappa shape index (κ2) is 7.90. The molecule has 2 fully saturated rings. The summed E-state index contributed by atoms with van der Waals surface area (Å²) in [5.41, 5.74) is -0.710. The first-order valence-corrected chi connectivity index (χ1v) is 11.0. The molecule has 0 saturated carbocycles. The van der Waals surface area contributed by atoms with Gasteiger partial charge in [-0.1, -0.05) is 0 Å². The first-order chi connectivity index (χ1) is 14.6. The Bertz CT molecular complexity index is 1020. The number of benzene rings is 2. The Morgan fingerprint density at radius 3 is 2.13 bits per heavy atom. The molecule has 2 aromatic carbocycles. The van der Waals surface area contributed by atoms with Crippen molar-refractivity contribution in [2.24, 2.45) is 0 Å². The van der Waals surface area contributed by atoms with Crippen LogP contribution in [0.5, 0.6) is 11.5 Å². The number of nitro benzene ring substituents is 1. The molecule has 2 aromatic rings. The van der Waals surface area contributed by atoms with Crippen molar-refractivity contribution in [1.29, 1.82) is 0 Å². The van der Waals surface area contributed by atoms with Gasteiger partial charge in [0.05, 0.1) is 16.6 Å². The molecule has 2 saturated heterocycles. The van der Waals surface area contributed by atoms with Crippen LogP contribution in [0.2, 0.25) is 0 Å². The monoisotopic (exact) mass is 457 g/mol. The Hall–Kier alpha value is -2.46. The maximum absolute atomic E-state index is 13.2. The molecule has 2 heterocycles. The molecule has 4 rings (SSSR count). The van der Waals surface area contributed by atoms with Crippen molar-refractivity contribution in [1.82, 2.24) is 9.34 Å². The average molecular weight is 457 g/mol. The van der Waals surface area contributed by atoms with Crippen LogP contribution in [0.1, 0.15) is 24.2 Å². The molecular formula is C19H19F3N3O5P. The second-order valence-corrected chi connectivity index (χ2v) is 9.58. The van der Waals surface area contributed by atoms with Crippen molar-refractivity contribution in [2.45, 2.75) is 19.2 Å². The largest absolute Gasteiger partial charge is 0.450 e. The van der Waals surface area contributed by atoms with E-state index in [4.69, 9.17) is 9.26 Å². The zero-order valence-corrected chi connectivity index (χ0v) is 17.3.